The zero-order chi connectivity index (χ0) is 15.2. The van der Waals surface area contributed by atoms with Gasteiger partial charge in [-0.15, -0.1) is 0 Å². The van der Waals surface area contributed by atoms with Crippen molar-refractivity contribution in [3.63, 3.8) is 0 Å². The van der Waals surface area contributed by atoms with Crippen LogP contribution in [0.1, 0.15) is 31.2 Å². The lowest BCUT2D eigenvalue weighted by Crippen LogP contribution is -2.39. The third-order valence-electron chi connectivity index (χ3n) is 4.21. The second-order valence-corrected chi connectivity index (χ2v) is 6.03. The lowest BCUT2D eigenvalue weighted by atomic mass is 9.85. The Morgan fingerprint density at radius 1 is 1.24 bits per heavy atom. The Morgan fingerprint density at radius 2 is 1.86 bits per heavy atom. The summed E-state index contributed by atoms with van der Waals surface area (Å²) in [5, 5.41) is 0. The van der Waals surface area contributed by atoms with Crippen LogP contribution in [0.2, 0.25) is 0 Å². The molecule has 0 atom stereocenters. The number of likely N-dealkylation sites (N-methyl/N-ethyl adjacent to an activating group) is 1. The number of hydrogen-bond acceptors (Lipinski definition) is 3. The van der Waals surface area contributed by atoms with Crippen LogP contribution >= 0.6 is 0 Å². The molecule has 21 heavy (non-hydrogen) atoms. The van der Waals surface area contributed by atoms with E-state index in [2.05, 4.69) is 0 Å². The predicted molar refractivity (Wildman–Crippen MR) is 84.2 cm³/mol. The number of carbonyl (C=O) groups excluding carboxylic acids is 1. The van der Waals surface area contributed by atoms with Crippen molar-refractivity contribution in [1.82, 2.24) is 4.90 Å². The molecule has 0 spiro atoms. The lowest BCUT2D eigenvalue weighted by Gasteiger charge is -2.28. The molecule has 1 aliphatic carbocycles. The maximum Gasteiger partial charge on any atom is 0.225 e. The molecule has 0 aliphatic heterocycles. The number of benzene rings is 1. The normalized spacial score (nSPS) is 21.9. The van der Waals surface area contributed by atoms with Gasteiger partial charge in [0.2, 0.25) is 5.91 Å². The summed E-state index contributed by atoms with van der Waals surface area (Å²) in [5.41, 5.74) is 7.10. The van der Waals surface area contributed by atoms with Crippen molar-refractivity contribution < 1.29 is 9.53 Å². The molecule has 1 aromatic carbocycles. The predicted octanol–water partition coefficient (Wildman–Crippen LogP) is 2.35. The molecule has 0 saturated heterocycles. The molecule has 0 unspecified atom stereocenters. The number of nitrogens with zero attached hydrogens (tertiary/aromatic N) is 1. The molecule has 4 heteroatoms. The molecule has 2 N–H and O–H groups in total. The summed E-state index contributed by atoms with van der Waals surface area (Å²) in [6.07, 6.45) is 3.76. The fourth-order valence-electron chi connectivity index (χ4n) is 2.72. The highest BCUT2D eigenvalue weighted by atomic mass is 16.5. The molecule has 1 aromatic rings. The summed E-state index contributed by atoms with van der Waals surface area (Å²) in [6.45, 7) is 3.19. The highest BCUT2D eigenvalue weighted by molar-refractivity contribution is 5.78. The minimum atomic E-state index is 0.147. The zero-order valence-corrected chi connectivity index (χ0v) is 13.0. The Labute approximate surface area is 127 Å². The largest absolute Gasteiger partial charge is 0.492 e. The van der Waals surface area contributed by atoms with Crippen LogP contribution < -0.4 is 10.5 Å². The zero-order valence-electron chi connectivity index (χ0n) is 13.0. The average Bonchev–Trinajstić information content (AvgIpc) is 2.49. The summed E-state index contributed by atoms with van der Waals surface area (Å²) in [6, 6.07) is 8.24. The van der Waals surface area contributed by atoms with Gasteiger partial charge >= 0.3 is 0 Å². The number of nitrogens with two attached hydrogens (primary N) is 1. The van der Waals surface area contributed by atoms with Gasteiger partial charge in [0.05, 0.1) is 6.54 Å². The first-order valence-electron chi connectivity index (χ1n) is 7.76. The van der Waals surface area contributed by atoms with Crippen LogP contribution in [0.3, 0.4) is 0 Å². The number of ether oxygens (including phenoxy) is 1. The van der Waals surface area contributed by atoms with E-state index < -0.39 is 0 Å². The van der Waals surface area contributed by atoms with E-state index in [0.717, 1.165) is 31.4 Å². The maximum absolute atomic E-state index is 12.3. The standard InChI is InChI=1S/C17H26N2O2/c1-13-3-9-16(10-4-13)21-12-11-19(2)17(20)14-5-7-15(18)8-6-14/h3-4,9-10,14-15H,5-8,11-12,18H2,1-2H3. The lowest BCUT2D eigenvalue weighted by molar-refractivity contribution is -0.135. The average molecular weight is 290 g/mol. The van der Waals surface area contributed by atoms with Gasteiger partial charge in [-0.05, 0) is 44.7 Å². The van der Waals surface area contributed by atoms with Crippen LogP contribution in [-0.4, -0.2) is 37.0 Å². The summed E-state index contributed by atoms with van der Waals surface area (Å²) in [7, 11) is 1.86. The molecule has 4 nitrogen and oxygen atoms in total. The SMILES string of the molecule is Cc1ccc(OCCN(C)C(=O)C2CCC(N)CC2)cc1. The van der Waals surface area contributed by atoms with Crippen molar-refractivity contribution in [3.8, 4) is 5.75 Å². The number of amides is 1. The van der Waals surface area contributed by atoms with Crippen LogP contribution in [0.5, 0.6) is 5.75 Å². The summed E-state index contributed by atoms with van der Waals surface area (Å²) < 4.78 is 5.67. The third kappa shape index (κ3) is 4.74. The second kappa shape index (κ2) is 7.46. The summed E-state index contributed by atoms with van der Waals surface area (Å²) >= 11 is 0. The van der Waals surface area contributed by atoms with E-state index in [0.29, 0.717) is 13.2 Å². The molecule has 0 aromatic heterocycles. The molecule has 0 bridgehead atoms. The highest BCUT2D eigenvalue weighted by Gasteiger charge is 2.26. The topological polar surface area (TPSA) is 55.6 Å². The molecule has 1 fully saturated rings. The Hall–Kier alpha value is -1.55. The second-order valence-electron chi connectivity index (χ2n) is 6.03. The van der Waals surface area contributed by atoms with Crippen molar-refractivity contribution in [2.24, 2.45) is 11.7 Å². The summed E-state index contributed by atoms with van der Waals surface area (Å²) in [5.74, 6) is 1.23. The van der Waals surface area contributed by atoms with Crippen molar-refractivity contribution in [1.29, 1.82) is 0 Å². The van der Waals surface area contributed by atoms with E-state index in [1.807, 2.05) is 38.2 Å². The third-order valence-corrected chi connectivity index (χ3v) is 4.21. The van der Waals surface area contributed by atoms with Crippen LogP contribution in [0.4, 0.5) is 0 Å². The van der Waals surface area contributed by atoms with Gasteiger partial charge in [0.15, 0.2) is 0 Å². The minimum absolute atomic E-state index is 0.147. The van der Waals surface area contributed by atoms with E-state index in [-0.39, 0.29) is 17.9 Å². The van der Waals surface area contributed by atoms with Crippen molar-refractivity contribution >= 4 is 5.91 Å². The van der Waals surface area contributed by atoms with E-state index in [9.17, 15) is 4.79 Å². The van der Waals surface area contributed by atoms with E-state index in [1.165, 1.54) is 5.56 Å². The van der Waals surface area contributed by atoms with E-state index in [4.69, 9.17) is 10.5 Å². The van der Waals surface area contributed by atoms with Gasteiger partial charge in [-0.3, -0.25) is 4.79 Å². The van der Waals surface area contributed by atoms with Gasteiger partial charge in [0, 0.05) is 19.0 Å². The molecule has 116 valence electrons. The molecular weight excluding hydrogens is 264 g/mol. The Bertz CT molecular complexity index is 450. The molecule has 1 aliphatic rings. The first-order chi connectivity index (χ1) is 10.1. The molecule has 2 rings (SSSR count). The monoisotopic (exact) mass is 290 g/mol. The molecule has 1 amide bonds. The van der Waals surface area contributed by atoms with Gasteiger partial charge in [-0.1, -0.05) is 17.7 Å². The minimum Gasteiger partial charge on any atom is -0.492 e. The number of carbonyl (C=O) groups is 1. The van der Waals surface area contributed by atoms with Gasteiger partial charge in [-0.2, -0.15) is 0 Å². The van der Waals surface area contributed by atoms with E-state index >= 15 is 0 Å². The maximum atomic E-state index is 12.3. The van der Waals surface area contributed by atoms with Crippen LogP contribution in [0, 0.1) is 12.8 Å². The molecular formula is C17H26N2O2. The van der Waals surface area contributed by atoms with Gasteiger partial charge in [0.25, 0.3) is 0 Å². The smallest absolute Gasteiger partial charge is 0.225 e. The highest BCUT2D eigenvalue weighted by Crippen LogP contribution is 2.24. The van der Waals surface area contributed by atoms with E-state index in [1.54, 1.807) is 4.90 Å². The first-order valence-corrected chi connectivity index (χ1v) is 7.76. The molecule has 0 heterocycles. The fraction of sp³-hybridized carbons (Fsp3) is 0.588. The molecule has 1 saturated carbocycles. The van der Waals surface area contributed by atoms with Crippen LogP contribution in [-0.2, 0) is 4.79 Å². The quantitative estimate of drug-likeness (QED) is 0.905. The van der Waals surface area contributed by atoms with Crippen LogP contribution in [0.25, 0.3) is 0 Å². The Morgan fingerprint density at radius 3 is 2.48 bits per heavy atom. The fourth-order valence-corrected chi connectivity index (χ4v) is 2.72. The number of hydrogen-bond donors (Lipinski definition) is 1. The van der Waals surface area contributed by atoms with Crippen molar-refractivity contribution in [2.75, 3.05) is 20.2 Å². The van der Waals surface area contributed by atoms with Crippen molar-refractivity contribution in [2.45, 2.75) is 38.6 Å². The number of rotatable bonds is 5. The number of aryl methyl sites for hydroxylation is 1. The Kier molecular flexibility index (Phi) is 5.62. The summed E-state index contributed by atoms with van der Waals surface area (Å²) in [4.78, 5) is 14.1. The Balaban J connectivity index is 1.72. The molecule has 0 radical (unpaired) electrons. The van der Waals surface area contributed by atoms with Crippen LogP contribution in [0.15, 0.2) is 24.3 Å². The van der Waals surface area contributed by atoms with Crippen molar-refractivity contribution in [3.05, 3.63) is 29.8 Å². The first kappa shape index (κ1) is 15.8. The van der Waals surface area contributed by atoms with Gasteiger partial charge in [-0.25, -0.2) is 0 Å². The van der Waals surface area contributed by atoms with Gasteiger partial charge < -0.3 is 15.4 Å². The van der Waals surface area contributed by atoms with Gasteiger partial charge in [0.1, 0.15) is 12.4 Å².